The third-order valence-electron chi connectivity index (χ3n) is 2.38. The summed E-state index contributed by atoms with van der Waals surface area (Å²) < 4.78 is 25.5. The van der Waals surface area contributed by atoms with E-state index >= 15 is 0 Å². The maximum absolute atomic E-state index is 12.0. The smallest absolute Gasteiger partial charge is 0.212 e. The molecule has 0 heterocycles. The average Bonchev–Trinajstić information content (AvgIpc) is 2.96. The second kappa shape index (κ2) is 5.32. The van der Waals surface area contributed by atoms with Crippen LogP contribution in [-0.2, 0) is 10.0 Å². The standard InChI is InChI=1S/C10H18ClNO2S/c1-3-6-12(10-4-5-10)15(13,14)8-9(2)7-11/h3,9-10H,1,4-8H2,2H3. The lowest BCUT2D eigenvalue weighted by atomic mass is 10.3. The molecule has 1 rings (SSSR count). The number of sulfonamides is 1. The van der Waals surface area contributed by atoms with Crippen LogP contribution < -0.4 is 0 Å². The van der Waals surface area contributed by atoms with Crippen LogP contribution in [0, 0.1) is 5.92 Å². The molecule has 3 nitrogen and oxygen atoms in total. The largest absolute Gasteiger partial charge is 0.214 e. The zero-order valence-electron chi connectivity index (χ0n) is 9.02. The Balaban J connectivity index is 2.67. The van der Waals surface area contributed by atoms with Crippen molar-refractivity contribution < 1.29 is 8.42 Å². The first kappa shape index (κ1) is 13.0. The molecular formula is C10H18ClNO2S. The number of hydrogen-bond donors (Lipinski definition) is 0. The summed E-state index contributed by atoms with van der Waals surface area (Å²) in [4.78, 5) is 0. The van der Waals surface area contributed by atoms with Crippen LogP contribution in [0.1, 0.15) is 19.8 Å². The molecule has 0 bridgehead atoms. The van der Waals surface area contributed by atoms with Gasteiger partial charge in [-0.1, -0.05) is 13.0 Å². The van der Waals surface area contributed by atoms with Gasteiger partial charge in [-0.25, -0.2) is 8.42 Å². The maximum Gasteiger partial charge on any atom is 0.214 e. The van der Waals surface area contributed by atoms with Crippen molar-refractivity contribution in [1.29, 1.82) is 0 Å². The minimum absolute atomic E-state index is 0.00253. The van der Waals surface area contributed by atoms with Crippen molar-refractivity contribution in [3.63, 3.8) is 0 Å². The predicted molar refractivity (Wildman–Crippen MR) is 63.6 cm³/mol. The van der Waals surface area contributed by atoms with E-state index in [1.54, 1.807) is 10.4 Å². The molecule has 0 saturated heterocycles. The van der Waals surface area contributed by atoms with E-state index in [1.807, 2.05) is 6.92 Å². The van der Waals surface area contributed by atoms with E-state index in [1.165, 1.54) is 0 Å². The fraction of sp³-hybridized carbons (Fsp3) is 0.800. The van der Waals surface area contributed by atoms with Gasteiger partial charge >= 0.3 is 0 Å². The summed E-state index contributed by atoms with van der Waals surface area (Å²) in [7, 11) is -3.15. The van der Waals surface area contributed by atoms with Crippen molar-refractivity contribution in [3.8, 4) is 0 Å². The minimum Gasteiger partial charge on any atom is -0.212 e. The second-order valence-electron chi connectivity index (χ2n) is 4.13. The van der Waals surface area contributed by atoms with Crippen LogP contribution in [0.5, 0.6) is 0 Å². The topological polar surface area (TPSA) is 37.4 Å². The predicted octanol–water partition coefficient (Wildman–Crippen LogP) is 1.84. The Labute approximate surface area is 97.2 Å². The molecule has 1 saturated carbocycles. The molecule has 1 unspecified atom stereocenters. The Morgan fingerprint density at radius 1 is 1.60 bits per heavy atom. The zero-order chi connectivity index (χ0) is 11.5. The lowest BCUT2D eigenvalue weighted by molar-refractivity contribution is 0.431. The molecule has 88 valence electrons. The van der Waals surface area contributed by atoms with Crippen LogP contribution in [0.3, 0.4) is 0 Å². The molecule has 0 N–H and O–H groups in total. The molecule has 0 aromatic rings. The highest BCUT2D eigenvalue weighted by atomic mass is 35.5. The van der Waals surface area contributed by atoms with E-state index in [0.29, 0.717) is 12.4 Å². The Morgan fingerprint density at radius 3 is 2.60 bits per heavy atom. The first-order valence-electron chi connectivity index (χ1n) is 5.17. The minimum atomic E-state index is -3.15. The van der Waals surface area contributed by atoms with Gasteiger partial charge < -0.3 is 0 Å². The number of hydrogen-bond acceptors (Lipinski definition) is 2. The number of alkyl halides is 1. The molecule has 0 aromatic heterocycles. The SMILES string of the molecule is C=CCN(C1CC1)S(=O)(=O)CC(C)CCl. The van der Waals surface area contributed by atoms with E-state index in [0.717, 1.165) is 12.8 Å². The third-order valence-corrected chi connectivity index (χ3v) is 5.06. The molecule has 1 aliphatic carbocycles. The number of halogens is 1. The van der Waals surface area contributed by atoms with Crippen molar-refractivity contribution in [1.82, 2.24) is 4.31 Å². The van der Waals surface area contributed by atoms with Crippen LogP contribution in [0.4, 0.5) is 0 Å². The summed E-state index contributed by atoms with van der Waals surface area (Å²) in [5, 5.41) is 0. The molecule has 1 atom stereocenters. The van der Waals surface area contributed by atoms with E-state index in [-0.39, 0.29) is 17.7 Å². The molecule has 0 aromatic carbocycles. The highest BCUT2D eigenvalue weighted by molar-refractivity contribution is 7.89. The Bertz CT molecular complexity index is 311. The molecule has 0 spiro atoms. The van der Waals surface area contributed by atoms with Crippen molar-refractivity contribution in [3.05, 3.63) is 12.7 Å². The summed E-state index contributed by atoms with van der Waals surface area (Å²) in [6.07, 6.45) is 3.59. The van der Waals surface area contributed by atoms with Crippen molar-refractivity contribution in [2.24, 2.45) is 5.92 Å². The second-order valence-corrected chi connectivity index (χ2v) is 6.40. The van der Waals surface area contributed by atoms with E-state index in [4.69, 9.17) is 11.6 Å². The summed E-state index contributed by atoms with van der Waals surface area (Å²) in [5.74, 6) is 0.523. The summed E-state index contributed by atoms with van der Waals surface area (Å²) in [6, 6.07) is 0.204. The monoisotopic (exact) mass is 251 g/mol. The average molecular weight is 252 g/mol. The zero-order valence-corrected chi connectivity index (χ0v) is 10.6. The first-order valence-corrected chi connectivity index (χ1v) is 7.32. The molecule has 1 aliphatic rings. The highest BCUT2D eigenvalue weighted by Crippen LogP contribution is 2.29. The molecular weight excluding hydrogens is 234 g/mol. The van der Waals surface area contributed by atoms with Gasteiger partial charge in [-0.3, -0.25) is 0 Å². The van der Waals surface area contributed by atoms with Crippen LogP contribution in [0.15, 0.2) is 12.7 Å². The van der Waals surface area contributed by atoms with Gasteiger partial charge in [0.2, 0.25) is 10.0 Å². The maximum atomic E-state index is 12.0. The fourth-order valence-electron chi connectivity index (χ4n) is 1.48. The van der Waals surface area contributed by atoms with E-state index in [9.17, 15) is 8.42 Å². The molecule has 1 fully saturated rings. The Hall–Kier alpha value is -0.0600. The van der Waals surface area contributed by atoms with E-state index < -0.39 is 10.0 Å². The Kier molecular flexibility index (Phi) is 4.62. The molecule has 0 amide bonds. The number of rotatable bonds is 7. The summed E-state index contributed by atoms with van der Waals surface area (Å²) >= 11 is 5.63. The van der Waals surface area contributed by atoms with Gasteiger partial charge in [0, 0.05) is 18.5 Å². The van der Waals surface area contributed by atoms with Crippen molar-refractivity contribution >= 4 is 21.6 Å². The van der Waals surface area contributed by atoms with Gasteiger partial charge in [0.15, 0.2) is 0 Å². The quantitative estimate of drug-likeness (QED) is 0.512. The molecule has 15 heavy (non-hydrogen) atoms. The first-order chi connectivity index (χ1) is 7.01. The summed E-state index contributed by atoms with van der Waals surface area (Å²) in [6.45, 7) is 5.86. The van der Waals surface area contributed by atoms with Crippen molar-refractivity contribution in [2.45, 2.75) is 25.8 Å². The molecule has 0 radical (unpaired) electrons. The number of nitrogens with zero attached hydrogens (tertiary/aromatic N) is 1. The lowest BCUT2D eigenvalue weighted by Gasteiger charge is -2.21. The van der Waals surface area contributed by atoms with Gasteiger partial charge in [-0.05, 0) is 18.8 Å². The lowest BCUT2D eigenvalue weighted by Crippen LogP contribution is -2.37. The Morgan fingerprint density at radius 2 is 2.20 bits per heavy atom. The van der Waals surface area contributed by atoms with Gasteiger partial charge in [0.1, 0.15) is 0 Å². The highest BCUT2D eigenvalue weighted by Gasteiger charge is 2.36. The van der Waals surface area contributed by atoms with Gasteiger partial charge in [0.25, 0.3) is 0 Å². The van der Waals surface area contributed by atoms with Gasteiger partial charge in [-0.2, -0.15) is 4.31 Å². The molecule has 5 heteroatoms. The molecule has 0 aliphatic heterocycles. The van der Waals surface area contributed by atoms with Gasteiger partial charge in [0.05, 0.1) is 5.75 Å². The van der Waals surface area contributed by atoms with Crippen LogP contribution >= 0.6 is 11.6 Å². The fourth-order valence-corrected chi connectivity index (χ4v) is 3.74. The normalized spacial score (nSPS) is 19.1. The summed E-state index contributed by atoms with van der Waals surface area (Å²) in [5.41, 5.74) is 0. The third kappa shape index (κ3) is 3.78. The van der Waals surface area contributed by atoms with Crippen LogP contribution in [-0.4, -0.2) is 36.9 Å². The van der Waals surface area contributed by atoms with Crippen LogP contribution in [0.25, 0.3) is 0 Å². The van der Waals surface area contributed by atoms with Gasteiger partial charge in [-0.15, -0.1) is 18.2 Å². The van der Waals surface area contributed by atoms with Crippen LogP contribution in [0.2, 0.25) is 0 Å². The van der Waals surface area contributed by atoms with Crippen molar-refractivity contribution in [2.75, 3.05) is 18.2 Å². The van der Waals surface area contributed by atoms with E-state index in [2.05, 4.69) is 6.58 Å².